The molecule has 0 radical (unpaired) electrons. The van der Waals surface area contributed by atoms with E-state index in [4.69, 9.17) is 9.47 Å². The molecule has 0 aromatic carbocycles. The summed E-state index contributed by atoms with van der Waals surface area (Å²) in [4.78, 5) is 13.1. The first-order chi connectivity index (χ1) is 29.4. The fourth-order valence-corrected chi connectivity index (χ4v) is 8.80. The molecule has 1 amide bonds. The number of hydrogen-bond donors (Lipinski definition) is 7. The minimum atomic E-state index is -5.11. The molecule has 7 N–H and O–H groups in total. The number of amides is 1. The van der Waals surface area contributed by atoms with Gasteiger partial charge in [-0.2, -0.15) is 8.42 Å². The number of hydrogen-bond acceptors (Lipinski definition) is 11. The number of aliphatic hydroxyl groups excluding tert-OH is 5. The number of unbranched alkanes of at least 4 members (excludes halogenated alkanes) is 30. The third kappa shape index (κ3) is 30.8. The molecule has 1 rings (SSSR count). The summed E-state index contributed by atoms with van der Waals surface area (Å²) in [6.45, 7) is 3.30. The van der Waals surface area contributed by atoms with Crippen LogP contribution in [0.5, 0.6) is 0 Å². The molecule has 8 atom stereocenters. The van der Waals surface area contributed by atoms with E-state index in [0.29, 0.717) is 19.3 Å². The van der Waals surface area contributed by atoms with Crippen molar-refractivity contribution in [2.45, 2.75) is 281 Å². The average Bonchev–Trinajstić information content (AvgIpc) is 3.23. The summed E-state index contributed by atoms with van der Waals surface area (Å²) in [6.07, 6.45) is 28.5. The Morgan fingerprint density at radius 3 is 1.31 bits per heavy atom. The Kier molecular flexibility index (Phi) is 36.5. The van der Waals surface area contributed by atoms with Gasteiger partial charge in [-0.15, -0.1) is 0 Å². The van der Waals surface area contributed by atoms with Crippen LogP contribution < -0.4 is 5.32 Å². The van der Waals surface area contributed by atoms with Crippen molar-refractivity contribution in [1.82, 2.24) is 5.32 Å². The molecule has 1 aliphatic rings. The van der Waals surface area contributed by atoms with E-state index in [0.717, 1.165) is 38.5 Å². The minimum absolute atomic E-state index is 0.266. The molecule has 14 heteroatoms. The van der Waals surface area contributed by atoms with Gasteiger partial charge in [0.1, 0.15) is 30.5 Å². The highest BCUT2D eigenvalue weighted by atomic mass is 32.3. The summed E-state index contributed by atoms with van der Waals surface area (Å²) in [5, 5.41) is 55.5. The van der Waals surface area contributed by atoms with Crippen molar-refractivity contribution in [1.29, 1.82) is 0 Å². The third-order valence-electron chi connectivity index (χ3n) is 12.3. The van der Waals surface area contributed by atoms with E-state index in [9.17, 15) is 43.3 Å². The maximum Gasteiger partial charge on any atom is 0.397 e. The molecule has 364 valence electrons. The van der Waals surface area contributed by atoms with E-state index in [1.165, 1.54) is 154 Å². The highest BCUT2D eigenvalue weighted by Gasteiger charge is 2.48. The summed E-state index contributed by atoms with van der Waals surface area (Å²) < 4.78 is 47.6. The summed E-state index contributed by atoms with van der Waals surface area (Å²) >= 11 is 0. The molecular weight excluding hydrogens is 803 g/mol. The van der Waals surface area contributed by atoms with E-state index in [2.05, 4.69) is 23.3 Å². The van der Waals surface area contributed by atoms with E-state index in [1.807, 2.05) is 0 Å². The summed E-state index contributed by atoms with van der Waals surface area (Å²) in [5.74, 6) is -0.665. The highest BCUT2D eigenvalue weighted by Crippen LogP contribution is 2.26. The zero-order chi connectivity index (χ0) is 45.0. The maximum absolute atomic E-state index is 13.1. The van der Waals surface area contributed by atoms with Gasteiger partial charge in [0, 0.05) is 0 Å². The molecule has 0 aliphatic carbocycles. The summed E-state index contributed by atoms with van der Waals surface area (Å²) in [5.41, 5.74) is 0. The van der Waals surface area contributed by atoms with Crippen molar-refractivity contribution in [3.8, 4) is 0 Å². The first-order valence-electron chi connectivity index (χ1n) is 25.0. The van der Waals surface area contributed by atoms with Crippen molar-refractivity contribution in [3.05, 3.63) is 0 Å². The van der Waals surface area contributed by atoms with Crippen LogP contribution in [0.1, 0.15) is 232 Å². The van der Waals surface area contributed by atoms with Gasteiger partial charge >= 0.3 is 10.4 Å². The highest BCUT2D eigenvalue weighted by molar-refractivity contribution is 7.80. The van der Waals surface area contributed by atoms with Crippen molar-refractivity contribution in [3.63, 3.8) is 0 Å². The van der Waals surface area contributed by atoms with Gasteiger partial charge in [0.25, 0.3) is 0 Å². The van der Waals surface area contributed by atoms with Crippen molar-refractivity contribution in [2.75, 3.05) is 13.2 Å². The van der Waals surface area contributed by atoms with Gasteiger partial charge < -0.3 is 40.3 Å². The largest absolute Gasteiger partial charge is 0.397 e. The van der Waals surface area contributed by atoms with E-state index in [1.54, 1.807) is 0 Å². The quantitative estimate of drug-likeness (QED) is 0.0226. The third-order valence-corrected chi connectivity index (χ3v) is 12.7. The lowest BCUT2D eigenvalue weighted by molar-refractivity contribution is -0.298. The van der Waals surface area contributed by atoms with Gasteiger partial charge in [-0.25, -0.2) is 4.18 Å². The molecule has 1 aliphatic heterocycles. The lowest BCUT2D eigenvalue weighted by Crippen LogP contribution is -2.61. The van der Waals surface area contributed by atoms with Crippen LogP contribution in [-0.4, -0.2) is 107 Å². The van der Waals surface area contributed by atoms with Crippen LogP contribution in [-0.2, 0) is 28.9 Å². The van der Waals surface area contributed by atoms with Crippen LogP contribution in [0, 0.1) is 0 Å². The van der Waals surface area contributed by atoms with Crippen LogP contribution in [0.2, 0.25) is 0 Å². The predicted molar refractivity (Wildman–Crippen MR) is 242 cm³/mol. The van der Waals surface area contributed by atoms with Gasteiger partial charge in [-0.05, 0) is 12.8 Å². The number of ether oxygens (including phenoxy) is 2. The van der Waals surface area contributed by atoms with Crippen LogP contribution in [0.25, 0.3) is 0 Å². The summed E-state index contributed by atoms with van der Waals surface area (Å²) in [6, 6.07) is -1.03. The monoisotopic (exact) mass is 896 g/mol. The fourth-order valence-electron chi connectivity index (χ4n) is 8.29. The maximum atomic E-state index is 13.1. The molecule has 0 aromatic heterocycles. The van der Waals surface area contributed by atoms with Crippen molar-refractivity contribution < 1.29 is 57.0 Å². The second-order valence-electron chi connectivity index (χ2n) is 17.9. The Balaban J connectivity index is 2.51. The van der Waals surface area contributed by atoms with E-state index >= 15 is 0 Å². The second kappa shape index (κ2) is 38.3. The van der Waals surface area contributed by atoms with Gasteiger partial charge in [-0.3, -0.25) is 9.35 Å². The Morgan fingerprint density at radius 1 is 0.590 bits per heavy atom. The molecule has 0 saturated carbocycles. The molecule has 61 heavy (non-hydrogen) atoms. The Hall–Kier alpha value is -0.940. The average molecular weight is 896 g/mol. The molecule has 1 heterocycles. The first kappa shape index (κ1) is 58.1. The molecule has 0 bridgehead atoms. The van der Waals surface area contributed by atoms with Gasteiger partial charge in [0.05, 0.1) is 25.4 Å². The summed E-state index contributed by atoms with van der Waals surface area (Å²) in [7, 11) is -5.11. The Labute approximate surface area is 371 Å². The fraction of sp³-hybridized carbons (Fsp3) is 0.979. The number of aliphatic hydroxyl groups is 5. The number of nitrogens with one attached hydrogen (secondary N) is 1. The molecule has 13 nitrogen and oxygen atoms in total. The lowest BCUT2D eigenvalue weighted by Gasteiger charge is -2.41. The Morgan fingerprint density at radius 2 is 0.951 bits per heavy atom. The van der Waals surface area contributed by atoms with Crippen LogP contribution in [0.15, 0.2) is 0 Å². The molecule has 0 aromatic rings. The van der Waals surface area contributed by atoms with Crippen molar-refractivity contribution >= 4 is 16.3 Å². The normalized spacial score (nSPS) is 21.1. The lowest BCUT2D eigenvalue weighted by atomic mass is 9.99. The van der Waals surface area contributed by atoms with Crippen molar-refractivity contribution in [2.24, 2.45) is 0 Å². The number of carbonyl (C=O) groups excluding carboxylic acids is 1. The van der Waals surface area contributed by atoms with Gasteiger partial charge in [-0.1, -0.05) is 219 Å². The standard InChI is InChI=1S/C47H93NO12S/c1-3-5-7-9-11-13-15-17-19-21-23-25-27-29-31-33-35-40(50)39(38-58-47-44(53)45(60-61(55,56)57)43(52)42(37-49)59-47)48-46(54)41(51)36-34-32-30-28-26-24-22-20-18-16-14-12-10-8-6-4-2/h39-45,47,49-53H,3-38H2,1-2H3,(H,48,54)(H,55,56,57). The van der Waals surface area contributed by atoms with Gasteiger partial charge in [0.2, 0.25) is 5.91 Å². The molecular formula is C47H93NO12S. The minimum Gasteiger partial charge on any atom is -0.394 e. The Bertz CT molecular complexity index is 1120. The molecule has 1 saturated heterocycles. The zero-order valence-corrected chi connectivity index (χ0v) is 39.4. The number of rotatable bonds is 43. The SMILES string of the molecule is CCCCCCCCCCCCCCCCCCC(O)C(=O)NC(COC1OC(CO)C(O)C(OS(=O)(=O)O)C1O)C(O)CCCCCCCCCCCCCCCCCC. The number of carbonyl (C=O) groups is 1. The first-order valence-corrected chi connectivity index (χ1v) is 26.4. The van der Waals surface area contributed by atoms with Crippen LogP contribution in [0.3, 0.4) is 0 Å². The zero-order valence-electron chi connectivity index (χ0n) is 38.6. The second-order valence-corrected chi connectivity index (χ2v) is 19.0. The van der Waals surface area contributed by atoms with Crippen LogP contribution >= 0.6 is 0 Å². The van der Waals surface area contributed by atoms with Crippen LogP contribution in [0.4, 0.5) is 0 Å². The van der Waals surface area contributed by atoms with E-state index < -0.39 is 78.5 Å². The smallest absolute Gasteiger partial charge is 0.394 e. The predicted octanol–water partition coefficient (Wildman–Crippen LogP) is 9.14. The molecule has 0 spiro atoms. The van der Waals surface area contributed by atoms with E-state index in [-0.39, 0.29) is 6.42 Å². The molecule has 8 unspecified atom stereocenters. The van der Waals surface area contributed by atoms with Gasteiger partial charge in [0.15, 0.2) is 6.29 Å². The topological polar surface area (TPSA) is 212 Å². The molecule has 1 fully saturated rings.